The van der Waals surface area contributed by atoms with Crippen LogP contribution in [-0.2, 0) is 26.6 Å². The van der Waals surface area contributed by atoms with Crippen LogP contribution in [0.15, 0.2) is 23.4 Å². The summed E-state index contributed by atoms with van der Waals surface area (Å²) in [6, 6.07) is 1.57. The molecule has 1 aromatic heterocycles. The Morgan fingerprint density at radius 2 is 2.21 bits per heavy atom. The predicted octanol–water partition coefficient (Wildman–Crippen LogP) is 0.599. The van der Waals surface area contributed by atoms with Gasteiger partial charge in [0.05, 0.1) is 17.9 Å². The first kappa shape index (κ1) is 14.1. The summed E-state index contributed by atoms with van der Waals surface area (Å²) in [6.07, 6.45) is 4.60. The monoisotopic (exact) mass is 286 g/mol. The number of aromatic nitrogens is 1. The first-order valence-electron chi connectivity index (χ1n) is 6.15. The fraction of sp³-hybridized carbons (Fsp3) is 0.583. The van der Waals surface area contributed by atoms with Gasteiger partial charge in [-0.15, -0.1) is 0 Å². The zero-order valence-electron chi connectivity index (χ0n) is 11.1. The Labute approximate surface area is 113 Å². The van der Waals surface area contributed by atoms with Gasteiger partial charge in [-0.2, -0.15) is 4.31 Å². The highest BCUT2D eigenvalue weighted by Crippen LogP contribution is 2.24. The van der Waals surface area contributed by atoms with Gasteiger partial charge in [-0.3, -0.25) is 4.79 Å². The van der Waals surface area contributed by atoms with Crippen molar-refractivity contribution < 1.29 is 17.9 Å². The molecule has 1 aromatic rings. The summed E-state index contributed by atoms with van der Waals surface area (Å²) in [5, 5.41) is 0. The van der Waals surface area contributed by atoms with Gasteiger partial charge in [0.15, 0.2) is 0 Å². The van der Waals surface area contributed by atoms with Crippen LogP contribution in [0.1, 0.15) is 12.8 Å². The number of aryl methyl sites for hydroxylation is 1. The largest absolute Gasteiger partial charge is 0.469 e. The Bertz CT molecular complexity index is 564. The van der Waals surface area contributed by atoms with Crippen LogP contribution in [-0.4, -0.2) is 43.5 Å². The predicted molar refractivity (Wildman–Crippen MR) is 68.9 cm³/mol. The number of methoxy groups -OCH3 is 1. The Balaban J connectivity index is 2.19. The van der Waals surface area contributed by atoms with Gasteiger partial charge in [0.2, 0.25) is 10.0 Å². The lowest BCUT2D eigenvalue weighted by atomic mass is 10.0. The van der Waals surface area contributed by atoms with Crippen molar-refractivity contribution in [3.8, 4) is 0 Å². The normalized spacial score (nSPS) is 21.3. The summed E-state index contributed by atoms with van der Waals surface area (Å²) in [7, 11) is -0.414. The average Bonchev–Trinajstić information content (AvgIpc) is 2.85. The number of piperidine rings is 1. The number of ether oxygens (including phenoxy) is 1. The molecule has 1 saturated heterocycles. The van der Waals surface area contributed by atoms with Gasteiger partial charge >= 0.3 is 5.97 Å². The van der Waals surface area contributed by atoms with Crippen LogP contribution < -0.4 is 0 Å². The molecule has 6 nitrogen and oxygen atoms in total. The number of rotatable bonds is 3. The molecule has 1 aliphatic rings. The van der Waals surface area contributed by atoms with Crippen molar-refractivity contribution in [3.05, 3.63) is 18.5 Å². The molecule has 106 valence electrons. The molecule has 0 N–H and O–H groups in total. The number of sulfonamides is 1. The SMILES string of the molecule is COC(=O)[C@H]1CCCN(S(=O)(=O)c2ccn(C)c2)C1. The van der Waals surface area contributed by atoms with Crippen LogP contribution in [0.2, 0.25) is 0 Å². The second-order valence-corrected chi connectivity index (χ2v) is 6.68. The summed E-state index contributed by atoms with van der Waals surface area (Å²) in [5.41, 5.74) is 0. The maximum Gasteiger partial charge on any atom is 0.309 e. The van der Waals surface area contributed by atoms with Crippen molar-refractivity contribution >= 4 is 16.0 Å². The minimum atomic E-state index is -3.51. The molecule has 1 fully saturated rings. The molecule has 1 aliphatic heterocycles. The maximum absolute atomic E-state index is 12.4. The third-order valence-electron chi connectivity index (χ3n) is 3.36. The zero-order valence-corrected chi connectivity index (χ0v) is 11.9. The molecule has 0 aliphatic carbocycles. The lowest BCUT2D eigenvalue weighted by Crippen LogP contribution is -2.42. The van der Waals surface area contributed by atoms with E-state index < -0.39 is 10.0 Å². The molecule has 0 amide bonds. The van der Waals surface area contributed by atoms with Crippen LogP contribution in [0, 0.1) is 5.92 Å². The Hall–Kier alpha value is -1.34. The number of carbonyl (C=O) groups is 1. The molecule has 19 heavy (non-hydrogen) atoms. The first-order chi connectivity index (χ1) is 8.95. The number of hydrogen-bond donors (Lipinski definition) is 0. The van der Waals surface area contributed by atoms with E-state index in [2.05, 4.69) is 0 Å². The highest BCUT2D eigenvalue weighted by molar-refractivity contribution is 7.89. The lowest BCUT2D eigenvalue weighted by Gasteiger charge is -2.30. The Morgan fingerprint density at radius 1 is 1.47 bits per heavy atom. The van der Waals surface area contributed by atoms with E-state index in [1.54, 1.807) is 30.1 Å². The van der Waals surface area contributed by atoms with Crippen molar-refractivity contribution in [1.82, 2.24) is 8.87 Å². The molecular formula is C12H18N2O4S. The van der Waals surface area contributed by atoms with E-state index in [0.29, 0.717) is 19.4 Å². The first-order valence-corrected chi connectivity index (χ1v) is 7.59. The van der Waals surface area contributed by atoms with Crippen molar-refractivity contribution in [2.45, 2.75) is 17.7 Å². The highest BCUT2D eigenvalue weighted by Gasteiger charge is 2.33. The van der Waals surface area contributed by atoms with E-state index in [0.717, 1.165) is 0 Å². The average molecular weight is 286 g/mol. The van der Waals surface area contributed by atoms with Gasteiger partial charge in [0, 0.05) is 32.5 Å². The highest BCUT2D eigenvalue weighted by atomic mass is 32.2. The van der Waals surface area contributed by atoms with Gasteiger partial charge in [-0.1, -0.05) is 0 Å². The smallest absolute Gasteiger partial charge is 0.309 e. The molecule has 0 spiro atoms. The van der Waals surface area contributed by atoms with Crippen molar-refractivity contribution in [1.29, 1.82) is 0 Å². The summed E-state index contributed by atoms with van der Waals surface area (Å²) in [5.74, 6) is -0.704. The number of nitrogens with zero attached hydrogens (tertiary/aromatic N) is 2. The number of hydrogen-bond acceptors (Lipinski definition) is 4. The number of carbonyl (C=O) groups excluding carboxylic acids is 1. The Kier molecular flexibility index (Phi) is 3.96. The summed E-state index contributed by atoms with van der Waals surface area (Å²) in [6.45, 7) is 0.647. The van der Waals surface area contributed by atoms with E-state index >= 15 is 0 Å². The quantitative estimate of drug-likeness (QED) is 0.763. The number of esters is 1. The van der Waals surface area contributed by atoms with Gasteiger partial charge in [-0.25, -0.2) is 8.42 Å². The molecular weight excluding hydrogens is 268 g/mol. The molecule has 7 heteroatoms. The van der Waals surface area contributed by atoms with Gasteiger partial charge in [-0.05, 0) is 18.9 Å². The topological polar surface area (TPSA) is 68.6 Å². The summed E-state index contributed by atoms with van der Waals surface area (Å²) in [4.78, 5) is 11.8. The summed E-state index contributed by atoms with van der Waals surface area (Å²) < 4.78 is 32.6. The molecule has 2 heterocycles. The van der Waals surface area contributed by atoms with E-state index in [-0.39, 0.29) is 23.3 Å². The minimum absolute atomic E-state index is 0.198. The molecule has 0 aromatic carbocycles. The summed E-state index contributed by atoms with van der Waals surface area (Å²) >= 11 is 0. The molecule has 0 bridgehead atoms. The molecule has 0 saturated carbocycles. The molecule has 0 radical (unpaired) electrons. The van der Waals surface area contributed by atoms with E-state index in [4.69, 9.17) is 4.74 Å². The second-order valence-electron chi connectivity index (χ2n) is 4.74. The van der Waals surface area contributed by atoms with Gasteiger partial charge in [0.25, 0.3) is 0 Å². The zero-order chi connectivity index (χ0) is 14.0. The van der Waals surface area contributed by atoms with E-state index in [1.807, 2.05) is 0 Å². The van der Waals surface area contributed by atoms with Crippen molar-refractivity contribution in [2.75, 3.05) is 20.2 Å². The molecule has 2 rings (SSSR count). The Morgan fingerprint density at radius 3 is 2.79 bits per heavy atom. The van der Waals surface area contributed by atoms with Crippen molar-refractivity contribution in [3.63, 3.8) is 0 Å². The van der Waals surface area contributed by atoms with Crippen LogP contribution in [0.3, 0.4) is 0 Å². The standard InChI is InChI=1S/C12H18N2O4S/c1-13-7-5-11(9-13)19(16,17)14-6-3-4-10(8-14)12(15)18-2/h5,7,9-10H,3-4,6,8H2,1-2H3/t10-/m0/s1. The third-order valence-corrected chi connectivity index (χ3v) is 5.21. The van der Waals surface area contributed by atoms with E-state index in [1.165, 1.54) is 11.4 Å². The van der Waals surface area contributed by atoms with Crippen LogP contribution in [0.5, 0.6) is 0 Å². The fourth-order valence-corrected chi connectivity index (χ4v) is 3.88. The second kappa shape index (κ2) is 5.34. The molecule has 0 unspecified atom stereocenters. The molecule has 1 atom stereocenters. The van der Waals surface area contributed by atoms with E-state index in [9.17, 15) is 13.2 Å². The van der Waals surface area contributed by atoms with Crippen LogP contribution in [0.25, 0.3) is 0 Å². The lowest BCUT2D eigenvalue weighted by molar-refractivity contribution is -0.146. The third kappa shape index (κ3) is 2.82. The maximum atomic E-state index is 12.4. The fourth-order valence-electron chi connectivity index (χ4n) is 2.30. The van der Waals surface area contributed by atoms with Gasteiger partial charge < -0.3 is 9.30 Å². The minimum Gasteiger partial charge on any atom is -0.469 e. The van der Waals surface area contributed by atoms with Crippen LogP contribution in [0.4, 0.5) is 0 Å². The van der Waals surface area contributed by atoms with Crippen molar-refractivity contribution in [2.24, 2.45) is 13.0 Å². The van der Waals surface area contributed by atoms with Crippen LogP contribution >= 0.6 is 0 Å². The van der Waals surface area contributed by atoms with Gasteiger partial charge in [0.1, 0.15) is 0 Å².